The van der Waals surface area contributed by atoms with Crippen LogP contribution in [-0.4, -0.2) is 15.5 Å². The van der Waals surface area contributed by atoms with E-state index in [9.17, 15) is 9.18 Å². The lowest BCUT2D eigenvalue weighted by Crippen LogP contribution is -2.25. The van der Waals surface area contributed by atoms with E-state index in [1.165, 1.54) is 12.1 Å². The minimum absolute atomic E-state index is 0.0432. The van der Waals surface area contributed by atoms with Gasteiger partial charge in [-0.15, -0.1) is 0 Å². The predicted octanol–water partition coefficient (Wildman–Crippen LogP) is 1.49. The van der Waals surface area contributed by atoms with E-state index in [-0.39, 0.29) is 12.1 Å². The molecule has 1 amide bonds. The highest BCUT2D eigenvalue weighted by Crippen LogP contribution is 2.06. The van der Waals surface area contributed by atoms with Crippen molar-refractivity contribution >= 4 is 5.91 Å². The number of halogens is 1. The number of imidazole rings is 1. The van der Waals surface area contributed by atoms with Crippen molar-refractivity contribution in [3.8, 4) is 0 Å². The monoisotopic (exact) mass is 233 g/mol. The van der Waals surface area contributed by atoms with Gasteiger partial charge in [-0.05, 0) is 12.1 Å². The fourth-order valence-corrected chi connectivity index (χ4v) is 1.47. The van der Waals surface area contributed by atoms with Gasteiger partial charge >= 0.3 is 0 Å². The summed E-state index contributed by atoms with van der Waals surface area (Å²) in [4.78, 5) is 15.7. The van der Waals surface area contributed by atoms with Gasteiger partial charge in [0.1, 0.15) is 11.6 Å². The fourth-order valence-electron chi connectivity index (χ4n) is 1.47. The molecule has 0 bridgehead atoms. The number of benzene rings is 1. The van der Waals surface area contributed by atoms with Crippen LogP contribution in [-0.2, 0) is 13.6 Å². The van der Waals surface area contributed by atoms with Crippen LogP contribution < -0.4 is 5.32 Å². The van der Waals surface area contributed by atoms with Gasteiger partial charge in [-0.25, -0.2) is 9.37 Å². The van der Waals surface area contributed by atoms with Crippen LogP contribution in [0.15, 0.2) is 36.7 Å². The molecule has 0 fully saturated rings. The van der Waals surface area contributed by atoms with Crippen LogP contribution >= 0.6 is 0 Å². The molecule has 1 heterocycles. The van der Waals surface area contributed by atoms with E-state index in [1.54, 1.807) is 29.1 Å². The Hall–Kier alpha value is -2.17. The Bertz CT molecular complexity index is 536. The number of aryl methyl sites for hydroxylation is 1. The predicted molar refractivity (Wildman–Crippen MR) is 60.8 cm³/mol. The molecule has 0 unspecified atom stereocenters. The number of hydrogen-bond donors (Lipinski definition) is 1. The summed E-state index contributed by atoms with van der Waals surface area (Å²) >= 11 is 0. The van der Waals surface area contributed by atoms with Gasteiger partial charge in [0.25, 0.3) is 5.91 Å². The van der Waals surface area contributed by atoms with Gasteiger partial charge < -0.3 is 9.88 Å². The maximum Gasteiger partial charge on any atom is 0.254 e. The van der Waals surface area contributed by atoms with Crippen molar-refractivity contribution in [2.45, 2.75) is 6.54 Å². The summed E-state index contributed by atoms with van der Waals surface area (Å²) in [7, 11) is 1.83. The lowest BCUT2D eigenvalue weighted by molar-refractivity contribution is 0.0945. The first-order valence-corrected chi connectivity index (χ1v) is 5.17. The second-order valence-electron chi connectivity index (χ2n) is 3.62. The summed E-state index contributed by atoms with van der Waals surface area (Å²) in [6.45, 7) is 0.274. The summed E-state index contributed by atoms with van der Waals surface area (Å²) in [6.07, 6.45) is 3.43. The molecule has 0 aliphatic heterocycles. The molecular formula is C12H12FN3O. The number of hydrogen-bond acceptors (Lipinski definition) is 2. The normalized spacial score (nSPS) is 10.2. The van der Waals surface area contributed by atoms with Gasteiger partial charge in [0.05, 0.1) is 12.1 Å². The van der Waals surface area contributed by atoms with E-state index in [1.807, 2.05) is 7.05 Å². The lowest BCUT2D eigenvalue weighted by atomic mass is 10.2. The average molecular weight is 233 g/mol. The van der Waals surface area contributed by atoms with Crippen LogP contribution in [0.5, 0.6) is 0 Å². The second kappa shape index (κ2) is 4.78. The van der Waals surface area contributed by atoms with Gasteiger partial charge in [0.2, 0.25) is 0 Å². The van der Waals surface area contributed by atoms with E-state index in [0.717, 1.165) is 5.82 Å². The van der Waals surface area contributed by atoms with Crippen LogP contribution in [0.25, 0.3) is 0 Å². The Morgan fingerprint density at radius 1 is 1.47 bits per heavy atom. The van der Waals surface area contributed by atoms with E-state index >= 15 is 0 Å². The first-order chi connectivity index (χ1) is 8.18. The third kappa shape index (κ3) is 2.50. The van der Waals surface area contributed by atoms with Gasteiger partial charge in [-0.1, -0.05) is 12.1 Å². The molecule has 1 aromatic carbocycles. The number of amides is 1. The maximum atomic E-state index is 13.3. The maximum absolute atomic E-state index is 13.3. The molecule has 2 rings (SSSR count). The van der Waals surface area contributed by atoms with Crippen molar-refractivity contribution in [2.24, 2.45) is 7.05 Å². The average Bonchev–Trinajstić information content (AvgIpc) is 2.72. The first kappa shape index (κ1) is 11.3. The molecule has 0 saturated heterocycles. The fraction of sp³-hybridized carbons (Fsp3) is 0.167. The zero-order chi connectivity index (χ0) is 12.3. The summed E-state index contributed by atoms with van der Waals surface area (Å²) < 4.78 is 15.1. The Morgan fingerprint density at radius 3 is 2.88 bits per heavy atom. The molecule has 0 saturated carbocycles. The first-order valence-electron chi connectivity index (χ1n) is 5.17. The Morgan fingerprint density at radius 2 is 2.24 bits per heavy atom. The Balaban J connectivity index is 2.04. The quantitative estimate of drug-likeness (QED) is 0.873. The SMILES string of the molecule is Cn1ccnc1CNC(=O)c1ccccc1F. The van der Waals surface area contributed by atoms with E-state index in [0.29, 0.717) is 0 Å². The summed E-state index contributed by atoms with van der Waals surface area (Å²) in [5.41, 5.74) is 0.0432. The summed E-state index contributed by atoms with van der Waals surface area (Å²) in [6, 6.07) is 5.88. The third-order valence-electron chi connectivity index (χ3n) is 2.45. The highest BCUT2D eigenvalue weighted by atomic mass is 19.1. The molecule has 88 valence electrons. The summed E-state index contributed by atoms with van der Waals surface area (Å²) in [5, 5.41) is 2.62. The van der Waals surface area contributed by atoms with Crippen LogP contribution in [0.3, 0.4) is 0 Å². The van der Waals surface area contributed by atoms with Crippen molar-refractivity contribution in [3.05, 3.63) is 53.9 Å². The number of rotatable bonds is 3. The molecule has 0 aliphatic carbocycles. The lowest BCUT2D eigenvalue weighted by Gasteiger charge is -2.05. The smallest absolute Gasteiger partial charge is 0.254 e. The van der Waals surface area contributed by atoms with Gasteiger partial charge in [0.15, 0.2) is 0 Å². The molecule has 0 radical (unpaired) electrons. The van der Waals surface area contributed by atoms with E-state index in [4.69, 9.17) is 0 Å². The molecule has 17 heavy (non-hydrogen) atoms. The molecule has 0 aliphatic rings. The second-order valence-corrected chi connectivity index (χ2v) is 3.62. The number of carbonyl (C=O) groups is 1. The van der Waals surface area contributed by atoms with Gasteiger partial charge in [-0.2, -0.15) is 0 Å². The number of nitrogens with zero attached hydrogens (tertiary/aromatic N) is 2. The minimum atomic E-state index is -0.523. The van der Waals surface area contributed by atoms with Crippen molar-refractivity contribution in [1.82, 2.24) is 14.9 Å². The summed E-state index contributed by atoms with van der Waals surface area (Å²) in [5.74, 6) is -0.245. The highest BCUT2D eigenvalue weighted by Gasteiger charge is 2.10. The molecule has 4 nitrogen and oxygen atoms in total. The van der Waals surface area contributed by atoms with Gasteiger partial charge in [-0.3, -0.25) is 4.79 Å². The topological polar surface area (TPSA) is 46.9 Å². The molecule has 0 atom stereocenters. The van der Waals surface area contributed by atoms with Crippen LogP contribution in [0.1, 0.15) is 16.2 Å². The van der Waals surface area contributed by atoms with Crippen LogP contribution in [0.2, 0.25) is 0 Å². The molecule has 2 aromatic rings. The number of carbonyl (C=O) groups excluding carboxylic acids is 1. The highest BCUT2D eigenvalue weighted by molar-refractivity contribution is 5.94. The number of nitrogens with one attached hydrogen (secondary N) is 1. The minimum Gasteiger partial charge on any atom is -0.345 e. The zero-order valence-corrected chi connectivity index (χ0v) is 9.35. The number of aromatic nitrogens is 2. The van der Waals surface area contributed by atoms with E-state index in [2.05, 4.69) is 10.3 Å². The molecule has 1 N–H and O–H groups in total. The molecule has 1 aromatic heterocycles. The Labute approximate surface area is 98.1 Å². The van der Waals surface area contributed by atoms with Crippen molar-refractivity contribution in [2.75, 3.05) is 0 Å². The Kier molecular flexibility index (Phi) is 3.18. The van der Waals surface area contributed by atoms with Gasteiger partial charge in [0, 0.05) is 19.4 Å². The van der Waals surface area contributed by atoms with Crippen LogP contribution in [0, 0.1) is 5.82 Å². The molecule has 0 spiro atoms. The standard InChI is InChI=1S/C12H12FN3O/c1-16-7-6-14-11(16)8-15-12(17)9-4-2-3-5-10(9)13/h2-7H,8H2,1H3,(H,15,17). The van der Waals surface area contributed by atoms with Crippen LogP contribution in [0.4, 0.5) is 4.39 Å². The molecule has 5 heteroatoms. The molecular weight excluding hydrogens is 221 g/mol. The largest absolute Gasteiger partial charge is 0.345 e. The van der Waals surface area contributed by atoms with E-state index < -0.39 is 11.7 Å². The van der Waals surface area contributed by atoms with Crippen molar-refractivity contribution < 1.29 is 9.18 Å². The third-order valence-corrected chi connectivity index (χ3v) is 2.45. The van der Waals surface area contributed by atoms with Crippen molar-refractivity contribution in [1.29, 1.82) is 0 Å². The van der Waals surface area contributed by atoms with Crippen molar-refractivity contribution in [3.63, 3.8) is 0 Å². The zero-order valence-electron chi connectivity index (χ0n) is 9.35.